The molecule has 3 unspecified atom stereocenters. The van der Waals surface area contributed by atoms with Crippen molar-refractivity contribution in [3.05, 3.63) is 0 Å². The van der Waals surface area contributed by atoms with Crippen LogP contribution in [0.3, 0.4) is 0 Å². The van der Waals surface area contributed by atoms with Gasteiger partial charge in [-0.05, 0) is 19.4 Å². The summed E-state index contributed by atoms with van der Waals surface area (Å²) in [4.78, 5) is 23.9. The van der Waals surface area contributed by atoms with E-state index < -0.39 is 30.7 Å². The fourth-order valence-corrected chi connectivity index (χ4v) is 2.54. The second kappa shape index (κ2) is 13.3. The molecule has 0 bridgehead atoms. The van der Waals surface area contributed by atoms with Crippen molar-refractivity contribution < 1.29 is 30.0 Å². The highest BCUT2D eigenvalue weighted by Crippen LogP contribution is 2.09. The fourth-order valence-electron chi connectivity index (χ4n) is 2.54. The van der Waals surface area contributed by atoms with Crippen molar-refractivity contribution in [2.45, 2.75) is 77.4 Å². The topological polar surface area (TPSA) is 139 Å². The van der Waals surface area contributed by atoms with E-state index in [9.17, 15) is 24.9 Å². The van der Waals surface area contributed by atoms with Gasteiger partial charge < -0.3 is 31.1 Å². The van der Waals surface area contributed by atoms with Crippen LogP contribution in [0.15, 0.2) is 0 Å². The number of nitrogens with one attached hydrogen (secondary N) is 2. The summed E-state index contributed by atoms with van der Waals surface area (Å²) in [6, 6.07) is 0.0502. The number of unbranched alkanes of at least 4 members (excludes halogenated alkanes) is 1. The summed E-state index contributed by atoms with van der Waals surface area (Å²) in [6.45, 7) is 7.42. The number of carbonyl (C=O) groups excluding carboxylic acids is 2. The van der Waals surface area contributed by atoms with Crippen LogP contribution in [-0.4, -0.2) is 82.1 Å². The van der Waals surface area contributed by atoms with Crippen LogP contribution in [-0.2, 0) is 9.59 Å². The Hall–Kier alpha value is -0.900. The number of aliphatic hydroxyl groups excluding tert-OH is 4. The molecule has 0 aromatic rings. The molecule has 0 aliphatic rings. The first-order chi connectivity index (χ1) is 12.1. The van der Waals surface area contributed by atoms with E-state index in [1.807, 2.05) is 27.7 Å². The Morgan fingerprint density at radius 1 is 1.00 bits per heavy atom. The Labute approximate surface area is 156 Å². The molecule has 0 amide bonds. The van der Waals surface area contributed by atoms with Gasteiger partial charge in [0.15, 0.2) is 11.6 Å². The van der Waals surface area contributed by atoms with Gasteiger partial charge in [0.05, 0.1) is 19.2 Å². The smallest absolute Gasteiger partial charge is 0.177 e. The van der Waals surface area contributed by atoms with E-state index in [-0.39, 0.29) is 30.3 Å². The summed E-state index contributed by atoms with van der Waals surface area (Å²) in [6.07, 6.45) is -2.73. The number of rotatable bonds is 15. The van der Waals surface area contributed by atoms with Crippen molar-refractivity contribution in [1.82, 2.24) is 10.6 Å². The lowest BCUT2D eigenvalue weighted by Gasteiger charge is -2.22. The molecule has 0 aromatic carbocycles. The molecule has 0 saturated carbocycles. The number of hydrogen-bond donors (Lipinski definition) is 6. The molecule has 0 aromatic heterocycles. The van der Waals surface area contributed by atoms with Gasteiger partial charge in [0, 0.05) is 12.0 Å². The van der Waals surface area contributed by atoms with E-state index >= 15 is 0 Å². The third-order valence-electron chi connectivity index (χ3n) is 4.08. The maximum atomic E-state index is 12.2. The summed E-state index contributed by atoms with van der Waals surface area (Å²) in [5, 5.41) is 43.2. The van der Waals surface area contributed by atoms with Crippen LogP contribution in [0.2, 0.25) is 0 Å². The monoisotopic (exact) mass is 376 g/mol. The number of carbonyl (C=O) groups is 2. The summed E-state index contributed by atoms with van der Waals surface area (Å²) in [5.74, 6) is -0.482. The second-order valence-electron chi connectivity index (χ2n) is 7.26. The normalized spacial score (nSPS) is 16.5. The highest BCUT2D eigenvalue weighted by atomic mass is 16.4. The molecule has 26 heavy (non-hydrogen) atoms. The van der Waals surface area contributed by atoms with Gasteiger partial charge >= 0.3 is 0 Å². The van der Waals surface area contributed by atoms with Crippen molar-refractivity contribution in [2.24, 2.45) is 5.92 Å². The standard InChI is InChI=1S/C18H36N2O6/c1-11(2)16(24)13(20-12(3)4)7-5-6-8-19-9-14(22)17(25)18(26)15(23)10-21/h11-13,15,17-21,23,25-26H,5-10H2,1-4H3/t13-,15?,17?,18?/m0/s1. The predicted molar refractivity (Wildman–Crippen MR) is 98.7 cm³/mol. The fraction of sp³-hybridized carbons (Fsp3) is 0.889. The number of Topliss-reactive ketones (excluding diaryl/α,β-unsaturated/α-hetero) is 2. The summed E-state index contributed by atoms with van der Waals surface area (Å²) < 4.78 is 0. The number of hydrogen-bond acceptors (Lipinski definition) is 8. The van der Waals surface area contributed by atoms with Crippen LogP contribution < -0.4 is 10.6 Å². The van der Waals surface area contributed by atoms with E-state index in [1.54, 1.807) is 0 Å². The third kappa shape index (κ3) is 9.70. The van der Waals surface area contributed by atoms with Gasteiger partial charge in [0.2, 0.25) is 0 Å². The van der Waals surface area contributed by atoms with Gasteiger partial charge in [0.25, 0.3) is 0 Å². The average molecular weight is 376 g/mol. The van der Waals surface area contributed by atoms with Crippen LogP contribution >= 0.6 is 0 Å². The molecule has 0 heterocycles. The van der Waals surface area contributed by atoms with Gasteiger partial charge in [-0.25, -0.2) is 0 Å². The quantitative estimate of drug-likeness (QED) is 0.200. The van der Waals surface area contributed by atoms with Crippen LogP contribution in [0.4, 0.5) is 0 Å². The van der Waals surface area contributed by atoms with Crippen molar-refractivity contribution >= 4 is 11.6 Å². The molecular weight excluding hydrogens is 340 g/mol. The summed E-state index contributed by atoms with van der Waals surface area (Å²) in [5.41, 5.74) is 0. The first-order valence-electron chi connectivity index (χ1n) is 9.30. The van der Waals surface area contributed by atoms with Crippen LogP contribution in [0, 0.1) is 5.92 Å². The Morgan fingerprint density at radius 3 is 2.12 bits per heavy atom. The molecule has 0 saturated heterocycles. The largest absolute Gasteiger partial charge is 0.394 e. The van der Waals surface area contributed by atoms with Crippen LogP contribution in [0.1, 0.15) is 47.0 Å². The lowest BCUT2D eigenvalue weighted by Crippen LogP contribution is -2.46. The molecule has 4 atom stereocenters. The van der Waals surface area contributed by atoms with Gasteiger partial charge in [-0.15, -0.1) is 0 Å². The van der Waals surface area contributed by atoms with Crippen LogP contribution in [0.5, 0.6) is 0 Å². The number of ketones is 2. The van der Waals surface area contributed by atoms with E-state index in [2.05, 4.69) is 10.6 Å². The average Bonchev–Trinajstić information content (AvgIpc) is 2.59. The Morgan fingerprint density at radius 2 is 1.62 bits per heavy atom. The maximum absolute atomic E-state index is 12.2. The van der Waals surface area contributed by atoms with Gasteiger partial charge in [-0.2, -0.15) is 0 Å². The minimum Gasteiger partial charge on any atom is -0.394 e. The minimum atomic E-state index is -1.74. The molecule has 8 nitrogen and oxygen atoms in total. The van der Waals surface area contributed by atoms with E-state index in [0.29, 0.717) is 6.54 Å². The lowest BCUT2D eigenvalue weighted by molar-refractivity contribution is -0.139. The molecule has 0 aliphatic carbocycles. The maximum Gasteiger partial charge on any atom is 0.177 e. The summed E-state index contributed by atoms with van der Waals surface area (Å²) in [7, 11) is 0. The predicted octanol–water partition coefficient (Wildman–Crippen LogP) is -1.02. The zero-order chi connectivity index (χ0) is 20.3. The van der Waals surface area contributed by atoms with Gasteiger partial charge in [0.1, 0.15) is 18.3 Å². The SMILES string of the molecule is CC(C)N[C@@H](CCCCNCC(=O)C(O)C(O)C(O)CO)C(=O)C(C)C. The second-order valence-corrected chi connectivity index (χ2v) is 7.26. The van der Waals surface area contributed by atoms with E-state index in [0.717, 1.165) is 19.3 Å². The van der Waals surface area contributed by atoms with E-state index in [4.69, 9.17) is 5.11 Å². The minimum absolute atomic E-state index is 0.0239. The van der Waals surface area contributed by atoms with Crippen molar-refractivity contribution in [2.75, 3.05) is 19.7 Å². The summed E-state index contributed by atoms with van der Waals surface area (Å²) >= 11 is 0. The van der Waals surface area contributed by atoms with Crippen LogP contribution in [0.25, 0.3) is 0 Å². The van der Waals surface area contributed by atoms with E-state index in [1.165, 1.54) is 0 Å². The molecule has 0 radical (unpaired) electrons. The lowest BCUT2D eigenvalue weighted by atomic mass is 9.96. The molecular formula is C18H36N2O6. The molecule has 8 heteroatoms. The molecule has 0 rings (SSSR count). The zero-order valence-corrected chi connectivity index (χ0v) is 16.3. The highest BCUT2D eigenvalue weighted by molar-refractivity contribution is 5.86. The Bertz CT molecular complexity index is 416. The molecule has 0 aliphatic heterocycles. The molecule has 0 fully saturated rings. The third-order valence-corrected chi connectivity index (χ3v) is 4.08. The van der Waals surface area contributed by atoms with Gasteiger partial charge in [-0.1, -0.05) is 34.1 Å². The first-order valence-corrected chi connectivity index (χ1v) is 9.30. The van der Waals surface area contributed by atoms with Crippen molar-refractivity contribution in [3.8, 4) is 0 Å². The van der Waals surface area contributed by atoms with Crippen molar-refractivity contribution in [1.29, 1.82) is 0 Å². The first kappa shape index (κ1) is 25.1. The number of aliphatic hydroxyl groups is 4. The zero-order valence-electron chi connectivity index (χ0n) is 16.3. The highest BCUT2D eigenvalue weighted by Gasteiger charge is 2.29. The Kier molecular flexibility index (Phi) is 12.8. The molecule has 154 valence electrons. The van der Waals surface area contributed by atoms with Crippen molar-refractivity contribution in [3.63, 3.8) is 0 Å². The van der Waals surface area contributed by atoms with Gasteiger partial charge in [-0.3, -0.25) is 9.59 Å². The molecule has 0 spiro atoms. The Balaban J connectivity index is 4.10. The molecule has 6 N–H and O–H groups in total.